The van der Waals surface area contributed by atoms with Crippen molar-refractivity contribution >= 4 is 76.5 Å². The van der Waals surface area contributed by atoms with Crippen LogP contribution in [0.25, 0.3) is 105 Å². The maximum absolute atomic E-state index is 5.36. The number of rotatable bonds is 4. The molecule has 0 amide bonds. The molecule has 55 heavy (non-hydrogen) atoms. The Balaban J connectivity index is 1.17. The van der Waals surface area contributed by atoms with Gasteiger partial charge in [-0.15, -0.1) is 0 Å². The minimum absolute atomic E-state index is 0.819. The van der Waals surface area contributed by atoms with Crippen LogP contribution in [-0.2, 0) is 0 Å². The van der Waals surface area contributed by atoms with Crippen molar-refractivity contribution in [2.24, 2.45) is 0 Å². The van der Waals surface area contributed by atoms with Crippen LogP contribution < -0.4 is 0 Å². The van der Waals surface area contributed by atoms with Gasteiger partial charge in [0.05, 0.1) is 44.1 Å². The van der Waals surface area contributed by atoms with Crippen LogP contribution in [0.15, 0.2) is 188 Å². The summed E-state index contributed by atoms with van der Waals surface area (Å²) in [6.07, 6.45) is 0. The molecule has 0 saturated carbocycles. The summed E-state index contributed by atoms with van der Waals surface area (Å²) in [5.74, 6) is 0.819. The van der Waals surface area contributed by atoms with Crippen LogP contribution in [0, 0.1) is 0 Å². The fourth-order valence-corrected chi connectivity index (χ4v) is 8.92. The average molecular weight is 702 g/mol. The smallest absolute Gasteiger partial charge is 0.165 e. The number of aromatic nitrogens is 5. The molecule has 4 heterocycles. The van der Waals surface area contributed by atoms with E-state index in [1.54, 1.807) is 0 Å². The van der Waals surface area contributed by atoms with Crippen molar-refractivity contribution in [3.05, 3.63) is 188 Å². The number of fused-ring (bicyclic) bond motifs is 11. The first-order valence-corrected chi connectivity index (χ1v) is 18.7. The van der Waals surface area contributed by atoms with Crippen molar-refractivity contribution in [1.29, 1.82) is 0 Å². The molecule has 0 bridgehead atoms. The monoisotopic (exact) mass is 701 g/mol. The van der Waals surface area contributed by atoms with Gasteiger partial charge in [0.2, 0.25) is 0 Å². The fourth-order valence-electron chi connectivity index (χ4n) is 8.92. The predicted octanol–water partition coefficient (Wildman–Crippen LogP) is 12.6. The summed E-state index contributed by atoms with van der Waals surface area (Å²) in [6, 6.07) is 67.0. The summed E-state index contributed by atoms with van der Waals surface area (Å²) < 4.78 is 7.14. The van der Waals surface area contributed by atoms with Crippen LogP contribution in [0.1, 0.15) is 0 Å². The largest absolute Gasteiger partial charge is 0.309 e. The minimum Gasteiger partial charge on any atom is -0.309 e. The minimum atomic E-state index is 0.819. The van der Waals surface area contributed by atoms with Gasteiger partial charge in [-0.05, 0) is 72.8 Å². The molecule has 0 spiro atoms. The van der Waals surface area contributed by atoms with Gasteiger partial charge in [-0.1, -0.05) is 115 Å². The highest BCUT2D eigenvalue weighted by Gasteiger charge is 2.24. The van der Waals surface area contributed by atoms with E-state index in [2.05, 4.69) is 171 Å². The molecule has 4 aromatic heterocycles. The summed E-state index contributed by atoms with van der Waals surface area (Å²) in [5, 5.41) is 7.29. The molecule has 5 nitrogen and oxygen atoms in total. The third-order valence-corrected chi connectivity index (χ3v) is 11.2. The summed E-state index contributed by atoms with van der Waals surface area (Å²) in [7, 11) is 0. The van der Waals surface area contributed by atoms with Crippen molar-refractivity contribution in [1.82, 2.24) is 23.7 Å². The van der Waals surface area contributed by atoms with Crippen molar-refractivity contribution in [3.8, 4) is 28.5 Å². The Morgan fingerprint density at radius 2 is 0.782 bits per heavy atom. The van der Waals surface area contributed by atoms with Crippen LogP contribution in [-0.4, -0.2) is 23.7 Å². The normalized spacial score (nSPS) is 12.0. The Morgan fingerprint density at radius 1 is 0.309 bits per heavy atom. The van der Waals surface area contributed by atoms with E-state index in [4.69, 9.17) is 9.97 Å². The van der Waals surface area contributed by atoms with Crippen LogP contribution in [0.3, 0.4) is 0 Å². The van der Waals surface area contributed by atoms with E-state index in [0.717, 1.165) is 56.0 Å². The van der Waals surface area contributed by atoms with E-state index in [1.807, 2.05) is 30.3 Å². The van der Waals surface area contributed by atoms with E-state index in [1.165, 1.54) is 48.9 Å². The summed E-state index contributed by atoms with van der Waals surface area (Å²) in [6.45, 7) is 0. The van der Waals surface area contributed by atoms with Crippen molar-refractivity contribution < 1.29 is 0 Å². The standard InChI is InChI=1S/C50H31N5/c1-3-15-32(16-4-1)49-50(52-40-23-11-10-22-39(40)51-49)55-43-26-14-9-21-37(43)48-46(55)30-29-45-47(48)36-20-8-13-25-42(36)54(45)34-27-28-44-38(31-34)35-19-7-12-24-41(35)53(44)33-17-5-2-6-18-33/h1-31H. The molecular weight excluding hydrogens is 671 g/mol. The van der Waals surface area contributed by atoms with Gasteiger partial charge in [0.1, 0.15) is 5.69 Å². The van der Waals surface area contributed by atoms with Gasteiger partial charge in [-0.25, -0.2) is 9.97 Å². The Bertz CT molecular complexity index is 3480. The van der Waals surface area contributed by atoms with E-state index in [9.17, 15) is 0 Å². The first kappa shape index (κ1) is 30.0. The average Bonchev–Trinajstić information content (AvgIpc) is 3.89. The molecule has 0 aliphatic heterocycles. The molecule has 0 radical (unpaired) electrons. The van der Waals surface area contributed by atoms with Crippen LogP contribution in [0.2, 0.25) is 0 Å². The van der Waals surface area contributed by atoms with Gasteiger partial charge in [0.25, 0.3) is 0 Å². The number of hydrogen-bond donors (Lipinski definition) is 0. The van der Waals surface area contributed by atoms with Crippen LogP contribution >= 0.6 is 0 Å². The second-order valence-electron chi connectivity index (χ2n) is 14.2. The molecule has 256 valence electrons. The zero-order valence-corrected chi connectivity index (χ0v) is 29.6. The Morgan fingerprint density at radius 3 is 1.47 bits per heavy atom. The maximum atomic E-state index is 5.36. The number of para-hydroxylation sites is 6. The maximum Gasteiger partial charge on any atom is 0.165 e. The van der Waals surface area contributed by atoms with E-state index < -0.39 is 0 Å². The SMILES string of the molecule is c1ccc(-c2nc3ccccc3nc2-n2c3ccccc3c3c4c5ccccc5n(-c5ccc6c(c5)c5ccccc5n6-c5ccccc5)c4ccc32)cc1. The third-order valence-electron chi connectivity index (χ3n) is 11.2. The lowest BCUT2D eigenvalue weighted by molar-refractivity contribution is 1.08. The molecule has 0 unspecified atom stereocenters. The molecule has 0 aliphatic rings. The zero-order chi connectivity index (χ0) is 36.0. The molecule has 5 heteroatoms. The van der Waals surface area contributed by atoms with Crippen molar-refractivity contribution in [2.75, 3.05) is 0 Å². The second-order valence-corrected chi connectivity index (χ2v) is 14.2. The number of hydrogen-bond acceptors (Lipinski definition) is 2. The van der Waals surface area contributed by atoms with Crippen LogP contribution in [0.5, 0.6) is 0 Å². The van der Waals surface area contributed by atoms with E-state index in [0.29, 0.717) is 0 Å². The summed E-state index contributed by atoms with van der Waals surface area (Å²) >= 11 is 0. The van der Waals surface area contributed by atoms with Crippen molar-refractivity contribution in [3.63, 3.8) is 0 Å². The van der Waals surface area contributed by atoms with Gasteiger partial charge < -0.3 is 9.13 Å². The first-order chi connectivity index (χ1) is 27.3. The lowest BCUT2D eigenvalue weighted by Gasteiger charge is -2.14. The molecular formula is C50H31N5. The molecule has 0 N–H and O–H groups in total. The number of benzene rings is 8. The van der Waals surface area contributed by atoms with E-state index >= 15 is 0 Å². The quantitative estimate of drug-likeness (QED) is 0.183. The Kier molecular flexibility index (Phi) is 6.27. The van der Waals surface area contributed by atoms with Crippen molar-refractivity contribution in [2.45, 2.75) is 0 Å². The molecule has 0 aliphatic carbocycles. The van der Waals surface area contributed by atoms with Crippen LogP contribution in [0.4, 0.5) is 0 Å². The highest BCUT2D eigenvalue weighted by atomic mass is 15.1. The van der Waals surface area contributed by atoms with Gasteiger partial charge in [0.15, 0.2) is 5.82 Å². The van der Waals surface area contributed by atoms with Gasteiger partial charge in [0, 0.05) is 49.3 Å². The highest BCUT2D eigenvalue weighted by Crippen LogP contribution is 2.44. The first-order valence-electron chi connectivity index (χ1n) is 18.7. The van der Waals surface area contributed by atoms with E-state index in [-0.39, 0.29) is 0 Å². The molecule has 8 aromatic carbocycles. The second kappa shape index (κ2) is 11.5. The predicted molar refractivity (Wildman–Crippen MR) is 228 cm³/mol. The number of nitrogens with zero attached hydrogens (tertiary/aromatic N) is 5. The molecule has 0 saturated heterocycles. The molecule has 12 rings (SSSR count). The highest BCUT2D eigenvalue weighted by molar-refractivity contribution is 6.29. The van der Waals surface area contributed by atoms with Gasteiger partial charge >= 0.3 is 0 Å². The third kappa shape index (κ3) is 4.29. The topological polar surface area (TPSA) is 40.6 Å². The molecule has 0 fully saturated rings. The Hall–Kier alpha value is -7.50. The molecule has 12 aromatic rings. The van der Waals surface area contributed by atoms with Gasteiger partial charge in [-0.3, -0.25) is 4.57 Å². The fraction of sp³-hybridized carbons (Fsp3) is 0. The zero-order valence-electron chi connectivity index (χ0n) is 29.6. The van der Waals surface area contributed by atoms with Gasteiger partial charge in [-0.2, -0.15) is 0 Å². The Labute approximate surface area is 315 Å². The summed E-state index contributed by atoms with van der Waals surface area (Å²) in [4.78, 5) is 10.6. The lowest BCUT2D eigenvalue weighted by atomic mass is 10.1. The lowest BCUT2D eigenvalue weighted by Crippen LogP contribution is -2.03. The summed E-state index contributed by atoms with van der Waals surface area (Å²) in [5.41, 5.74) is 12.8. The molecule has 0 atom stereocenters.